The Morgan fingerprint density at radius 2 is 2.17 bits per heavy atom. The lowest BCUT2D eigenvalue weighted by Gasteiger charge is -2.15. The first-order valence-electron chi connectivity index (χ1n) is 6.24. The van der Waals surface area contributed by atoms with E-state index in [0.29, 0.717) is 12.3 Å². The number of benzene rings is 1. The van der Waals surface area contributed by atoms with Gasteiger partial charge in [-0.1, -0.05) is 12.1 Å². The van der Waals surface area contributed by atoms with Gasteiger partial charge in [-0.2, -0.15) is 0 Å². The fraction of sp³-hybridized carbons (Fsp3) is 0.500. The summed E-state index contributed by atoms with van der Waals surface area (Å²) < 4.78 is 0. The monoisotopic (exact) mass is 266 g/mol. The van der Waals surface area contributed by atoms with Crippen LogP contribution < -0.4 is 4.90 Å². The number of anilines is 1. The summed E-state index contributed by atoms with van der Waals surface area (Å²) in [6.45, 7) is 1.91. The second-order valence-corrected chi connectivity index (χ2v) is 5.21. The maximum Gasteiger partial charge on any atom is 0.231 e. The van der Waals surface area contributed by atoms with E-state index in [1.54, 1.807) is 4.90 Å². The van der Waals surface area contributed by atoms with Crippen LogP contribution in [0.4, 0.5) is 5.69 Å². The second kappa shape index (κ2) is 5.72. The zero-order chi connectivity index (χ0) is 13.1. The quantitative estimate of drug-likeness (QED) is 0.761. The third-order valence-electron chi connectivity index (χ3n) is 3.47. The number of carbonyl (C=O) groups excluding carboxylic acids is 1. The van der Waals surface area contributed by atoms with Crippen LogP contribution in [0.1, 0.15) is 11.1 Å². The van der Waals surface area contributed by atoms with Crippen LogP contribution in [0.25, 0.3) is 0 Å². The Labute approximate surface area is 113 Å². The van der Waals surface area contributed by atoms with E-state index in [-0.39, 0.29) is 5.91 Å². The predicted molar refractivity (Wildman–Crippen MR) is 75.5 cm³/mol. The minimum absolute atomic E-state index is 0.182. The van der Waals surface area contributed by atoms with Gasteiger partial charge in [-0.15, -0.1) is 11.6 Å². The molecule has 1 aliphatic heterocycles. The molecule has 1 heterocycles. The van der Waals surface area contributed by atoms with E-state index in [4.69, 9.17) is 11.6 Å². The Morgan fingerprint density at radius 1 is 1.39 bits per heavy atom. The van der Waals surface area contributed by atoms with E-state index >= 15 is 0 Å². The average Bonchev–Trinajstić information content (AvgIpc) is 2.63. The molecule has 18 heavy (non-hydrogen) atoms. The van der Waals surface area contributed by atoms with E-state index in [2.05, 4.69) is 30.1 Å². The lowest BCUT2D eigenvalue weighted by molar-refractivity contribution is -0.117. The largest absolute Gasteiger partial charge is 0.315 e. The zero-order valence-electron chi connectivity index (χ0n) is 10.9. The molecule has 0 radical (unpaired) electrons. The van der Waals surface area contributed by atoms with Crippen LogP contribution in [0, 0.1) is 0 Å². The van der Waals surface area contributed by atoms with Gasteiger partial charge in [0.1, 0.15) is 0 Å². The average molecular weight is 267 g/mol. The van der Waals surface area contributed by atoms with Crippen molar-refractivity contribution in [2.24, 2.45) is 0 Å². The maximum atomic E-state index is 11.6. The summed E-state index contributed by atoms with van der Waals surface area (Å²) in [6, 6.07) is 6.32. The van der Waals surface area contributed by atoms with Gasteiger partial charge in [0.15, 0.2) is 0 Å². The molecule has 0 bridgehead atoms. The van der Waals surface area contributed by atoms with Crippen LogP contribution in [0.3, 0.4) is 0 Å². The molecule has 0 saturated carbocycles. The van der Waals surface area contributed by atoms with Gasteiger partial charge in [0.2, 0.25) is 5.91 Å². The first-order chi connectivity index (χ1) is 8.61. The molecule has 1 aromatic rings. The van der Waals surface area contributed by atoms with Crippen LogP contribution in [-0.2, 0) is 17.6 Å². The molecule has 0 fully saturated rings. The lowest BCUT2D eigenvalue weighted by atomic mass is 10.1. The topological polar surface area (TPSA) is 23.6 Å². The molecule has 4 heteroatoms. The van der Waals surface area contributed by atoms with Crippen LogP contribution in [0.15, 0.2) is 18.2 Å². The fourth-order valence-corrected chi connectivity index (χ4v) is 2.54. The van der Waals surface area contributed by atoms with Crippen molar-refractivity contribution in [3.8, 4) is 0 Å². The molecule has 98 valence electrons. The Bertz CT molecular complexity index is 447. The number of likely N-dealkylation sites (N-methyl/N-ethyl adjacent to an activating group) is 2. The number of carbonyl (C=O) groups is 1. The van der Waals surface area contributed by atoms with E-state index in [0.717, 1.165) is 30.8 Å². The summed E-state index contributed by atoms with van der Waals surface area (Å²) in [5.41, 5.74) is 3.50. The highest BCUT2D eigenvalue weighted by molar-refractivity contribution is 6.18. The van der Waals surface area contributed by atoms with Gasteiger partial charge < -0.3 is 9.80 Å². The van der Waals surface area contributed by atoms with Gasteiger partial charge in [-0.05, 0) is 30.7 Å². The number of amides is 1. The molecule has 3 nitrogen and oxygen atoms in total. The highest BCUT2D eigenvalue weighted by Crippen LogP contribution is 2.28. The highest BCUT2D eigenvalue weighted by Gasteiger charge is 2.23. The van der Waals surface area contributed by atoms with Crippen LogP contribution >= 0.6 is 11.6 Å². The standard InChI is InChI=1S/C14H19ClN2O/c1-16(8-6-15)7-5-11-3-4-13-12(9-11)10-14(18)17(13)2/h3-4,9H,5-8,10H2,1-2H3. The van der Waals surface area contributed by atoms with Gasteiger partial charge in [0.25, 0.3) is 0 Å². The Balaban J connectivity index is 2.00. The number of fused-ring (bicyclic) bond motifs is 1. The molecule has 0 unspecified atom stereocenters. The first-order valence-corrected chi connectivity index (χ1v) is 6.78. The van der Waals surface area contributed by atoms with Gasteiger partial charge in [-0.25, -0.2) is 0 Å². The van der Waals surface area contributed by atoms with E-state index in [1.165, 1.54) is 5.56 Å². The lowest BCUT2D eigenvalue weighted by Crippen LogP contribution is -2.23. The Kier molecular flexibility index (Phi) is 4.25. The van der Waals surface area contributed by atoms with Crippen LogP contribution in [-0.4, -0.2) is 43.9 Å². The van der Waals surface area contributed by atoms with Crippen molar-refractivity contribution >= 4 is 23.2 Å². The highest BCUT2D eigenvalue weighted by atomic mass is 35.5. The van der Waals surface area contributed by atoms with Crippen molar-refractivity contribution < 1.29 is 4.79 Å². The minimum atomic E-state index is 0.182. The van der Waals surface area contributed by atoms with Crippen molar-refractivity contribution in [1.29, 1.82) is 0 Å². The van der Waals surface area contributed by atoms with Crippen molar-refractivity contribution in [2.75, 3.05) is 38.0 Å². The van der Waals surface area contributed by atoms with Crippen molar-refractivity contribution in [2.45, 2.75) is 12.8 Å². The SMILES string of the molecule is CN(CCCl)CCc1ccc2c(c1)CC(=O)N2C. The molecule has 0 spiro atoms. The summed E-state index contributed by atoms with van der Waals surface area (Å²) in [6.07, 6.45) is 1.54. The number of rotatable bonds is 5. The molecule has 1 aromatic carbocycles. The number of nitrogens with zero attached hydrogens (tertiary/aromatic N) is 2. The van der Waals surface area contributed by atoms with Crippen molar-refractivity contribution in [3.63, 3.8) is 0 Å². The molecule has 0 aliphatic carbocycles. The molecular weight excluding hydrogens is 248 g/mol. The van der Waals surface area contributed by atoms with Crippen LogP contribution in [0.5, 0.6) is 0 Å². The molecule has 0 N–H and O–H groups in total. The molecule has 1 amide bonds. The molecule has 2 rings (SSSR count). The summed E-state index contributed by atoms with van der Waals surface area (Å²) in [5.74, 6) is 0.849. The van der Waals surface area contributed by atoms with Crippen LogP contribution in [0.2, 0.25) is 0 Å². The number of hydrogen-bond donors (Lipinski definition) is 0. The maximum absolute atomic E-state index is 11.6. The summed E-state index contributed by atoms with van der Waals surface area (Å²) in [7, 11) is 3.91. The Hall–Kier alpha value is -1.06. The van der Waals surface area contributed by atoms with Gasteiger partial charge in [0, 0.05) is 31.7 Å². The third kappa shape index (κ3) is 2.85. The van der Waals surface area contributed by atoms with Gasteiger partial charge in [0.05, 0.1) is 6.42 Å². The molecule has 1 aliphatic rings. The molecular formula is C14H19ClN2O. The molecule has 0 saturated heterocycles. The number of halogens is 1. The zero-order valence-corrected chi connectivity index (χ0v) is 11.7. The van der Waals surface area contributed by atoms with E-state index in [9.17, 15) is 4.79 Å². The van der Waals surface area contributed by atoms with Gasteiger partial charge >= 0.3 is 0 Å². The number of alkyl halides is 1. The molecule has 0 atom stereocenters. The van der Waals surface area contributed by atoms with E-state index in [1.807, 2.05) is 7.05 Å². The first kappa shape index (κ1) is 13.4. The summed E-state index contributed by atoms with van der Waals surface area (Å²) in [4.78, 5) is 15.6. The molecule has 0 aromatic heterocycles. The minimum Gasteiger partial charge on any atom is -0.315 e. The summed E-state index contributed by atoms with van der Waals surface area (Å²) in [5, 5.41) is 0. The fourth-order valence-electron chi connectivity index (χ4n) is 2.26. The number of hydrogen-bond acceptors (Lipinski definition) is 2. The van der Waals surface area contributed by atoms with Crippen molar-refractivity contribution in [3.05, 3.63) is 29.3 Å². The Morgan fingerprint density at radius 3 is 2.89 bits per heavy atom. The second-order valence-electron chi connectivity index (χ2n) is 4.83. The van der Waals surface area contributed by atoms with E-state index < -0.39 is 0 Å². The van der Waals surface area contributed by atoms with Gasteiger partial charge in [-0.3, -0.25) is 4.79 Å². The van der Waals surface area contributed by atoms with Crippen molar-refractivity contribution in [1.82, 2.24) is 4.90 Å². The predicted octanol–water partition coefficient (Wildman–Crippen LogP) is 1.92. The summed E-state index contributed by atoms with van der Waals surface area (Å²) >= 11 is 5.70. The normalized spacial score (nSPS) is 14.4. The smallest absolute Gasteiger partial charge is 0.231 e. The third-order valence-corrected chi connectivity index (χ3v) is 3.64.